The topological polar surface area (TPSA) is 62.5 Å². The number of amides is 1. The van der Waals surface area contributed by atoms with Crippen LogP contribution in [0.25, 0.3) is 0 Å². The summed E-state index contributed by atoms with van der Waals surface area (Å²) in [6.45, 7) is 3.11. The van der Waals surface area contributed by atoms with Gasteiger partial charge in [0.15, 0.2) is 11.4 Å². The van der Waals surface area contributed by atoms with Gasteiger partial charge in [-0.25, -0.2) is 4.39 Å². The van der Waals surface area contributed by atoms with E-state index in [9.17, 15) is 19.1 Å². The van der Waals surface area contributed by atoms with Crippen molar-refractivity contribution in [3.63, 3.8) is 0 Å². The molecule has 1 amide bonds. The molecule has 3 rings (SSSR count). The fraction of sp³-hybridized carbons (Fsp3) is 0.294. The summed E-state index contributed by atoms with van der Waals surface area (Å²) in [7, 11) is 0. The number of nitrogens with zero attached hydrogens (tertiary/aromatic N) is 2. The monoisotopic (exact) mass is 316 g/mol. The Labute approximate surface area is 132 Å². The van der Waals surface area contributed by atoms with E-state index in [1.165, 1.54) is 12.1 Å². The van der Waals surface area contributed by atoms with Crippen LogP contribution in [0.5, 0.6) is 5.75 Å². The van der Waals surface area contributed by atoms with Crippen LogP contribution in [0.1, 0.15) is 28.5 Å². The molecule has 0 spiro atoms. The molecule has 0 fully saturated rings. The fourth-order valence-electron chi connectivity index (χ4n) is 2.80. The van der Waals surface area contributed by atoms with Crippen LogP contribution in [0.4, 0.5) is 4.39 Å². The third-order valence-electron chi connectivity index (χ3n) is 4.10. The molecule has 6 heteroatoms. The van der Waals surface area contributed by atoms with Crippen molar-refractivity contribution in [1.29, 1.82) is 0 Å². The van der Waals surface area contributed by atoms with Crippen LogP contribution in [0.3, 0.4) is 0 Å². The second-order valence-corrected chi connectivity index (χ2v) is 5.58. The van der Waals surface area contributed by atoms with Crippen LogP contribution < -0.4 is 5.43 Å². The molecule has 1 aromatic carbocycles. The minimum atomic E-state index is -0.490. The molecule has 0 saturated heterocycles. The van der Waals surface area contributed by atoms with Crippen LogP contribution in [0.15, 0.2) is 35.3 Å². The maximum atomic E-state index is 13.0. The predicted octanol–water partition coefficient (Wildman–Crippen LogP) is 1.91. The molecule has 0 radical (unpaired) electrons. The van der Waals surface area contributed by atoms with Crippen molar-refractivity contribution < 1.29 is 14.3 Å². The maximum Gasteiger partial charge on any atom is 0.274 e. The number of aryl methyl sites for hydroxylation is 1. The third kappa shape index (κ3) is 2.72. The average molecular weight is 316 g/mol. The zero-order valence-electron chi connectivity index (χ0n) is 12.8. The summed E-state index contributed by atoms with van der Waals surface area (Å²) in [5.74, 6) is -1.21. The number of rotatable bonds is 3. The molecular weight excluding hydrogens is 299 g/mol. The van der Waals surface area contributed by atoms with E-state index in [0.29, 0.717) is 31.6 Å². The zero-order chi connectivity index (χ0) is 16.6. The van der Waals surface area contributed by atoms with E-state index >= 15 is 0 Å². The summed E-state index contributed by atoms with van der Waals surface area (Å²) >= 11 is 0. The average Bonchev–Trinajstić information content (AvgIpc) is 2.55. The smallest absolute Gasteiger partial charge is 0.274 e. The lowest BCUT2D eigenvalue weighted by Crippen LogP contribution is -2.41. The SMILES string of the molecule is CCc1cn2c(c(O)c1=O)C(=O)N(Cc1ccc(F)cc1)CC2. The first-order valence-corrected chi connectivity index (χ1v) is 7.50. The number of hydrogen-bond acceptors (Lipinski definition) is 3. The number of aromatic hydroxyl groups is 1. The van der Waals surface area contributed by atoms with E-state index in [2.05, 4.69) is 0 Å². The fourth-order valence-corrected chi connectivity index (χ4v) is 2.80. The standard InChI is InChI=1S/C17H17FN2O3/c1-2-12-10-19-7-8-20(9-11-3-5-13(18)6-4-11)17(23)14(19)16(22)15(12)21/h3-6,10,22H,2,7-9H2,1H3. The third-order valence-corrected chi connectivity index (χ3v) is 4.10. The molecule has 0 aliphatic carbocycles. The molecular formula is C17H17FN2O3. The van der Waals surface area contributed by atoms with Crippen molar-refractivity contribution in [2.45, 2.75) is 26.4 Å². The van der Waals surface area contributed by atoms with E-state index < -0.39 is 17.1 Å². The molecule has 0 atom stereocenters. The largest absolute Gasteiger partial charge is 0.503 e. The first-order chi connectivity index (χ1) is 11.0. The highest BCUT2D eigenvalue weighted by atomic mass is 19.1. The molecule has 0 unspecified atom stereocenters. The van der Waals surface area contributed by atoms with Gasteiger partial charge in [0.05, 0.1) is 0 Å². The van der Waals surface area contributed by atoms with Gasteiger partial charge in [0.25, 0.3) is 5.91 Å². The number of carbonyl (C=O) groups excluding carboxylic acids is 1. The van der Waals surface area contributed by atoms with E-state index in [1.54, 1.807) is 27.8 Å². The lowest BCUT2D eigenvalue weighted by Gasteiger charge is -2.30. The Morgan fingerprint density at radius 2 is 1.87 bits per heavy atom. The Kier molecular flexibility index (Phi) is 3.90. The van der Waals surface area contributed by atoms with Gasteiger partial charge in [-0.2, -0.15) is 0 Å². The Bertz CT molecular complexity index is 812. The van der Waals surface area contributed by atoms with Crippen molar-refractivity contribution in [1.82, 2.24) is 9.47 Å². The normalized spacial score (nSPS) is 14.0. The van der Waals surface area contributed by atoms with Gasteiger partial charge in [-0.1, -0.05) is 19.1 Å². The lowest BCUT2D eigenvalue weighted by molar-refractivity contribution is 0.0683. The van der Waals surface area contributed by atoms with Gasteiger partial charge >= 0.3 is 0 Å². The van der Waals surface area contributed by atoms with Crippen LogP contribution >= 0.6 is 0 Å². The summed E-state index contributed by atoms with van der Waals surface area (Å²) < 4.78 is 14.6. The van der Waals surface area contributed by atoms with Crippen molar-refractivity contribution in [2.75, 3.05) is 6.54 Å². The molecule has 23 heavy (non-hydrogen) atoms. The van der Waals surface area contributed by atoms with Crippen LogP contribution in [0, 0.1) is 5.82 Å². The highest BCUT2D eigenvalue weighted by molar-refractivity contribution is 5.95. The summed E-state index contributed by atoms with van der Waals surface area (Å²) in [6, 6.07) is 5.91. The van der Waals surface area contributed by atoms with Crippen molar-refractivity contribution in [2.24, 2.45) is 0 Å². The van der Waals surface area contributed by atoms with Gasteiger partial charge in [-0.3, -0.25) is 9.59 Å². The van der Waals surface area contributed by atoms with Crippen molar-refractivity contribution >= 4 is 5.91 Å². The predicted molar refractivity (Wildman–Crippen MR) is 82.9 cm³/mol. The van der Waals surface area contributed by atoms with Gasteiger partial charge in [-0.05, 0) is 24.1 Å². The number of halogens is 1. The molecule has 2 heterocycles. The van der Waals surface area contributed by atoms with E-state index in [4.69, 9.17) is 0 Å². The Balaban J connectivity index is 1.93. The van der Waals surface area contributed by atoms with Crippen LogP contribution in [-0.2, 0) is 19.5 Å². The van der Waals surface area contributed by atoms with Crippen molar-refractivity contribution in [3.05, 3.63) is 63.3 Å². The highest BCUT2D eigenvalue weighted by Gasteiger charge is 2.29. The quantitative estimate of drug-likeness (QED) is 0.941. The lowest BCUT2D eigenvalue weighted by atomic mass is 10.1. The van der Waals surface area contributed by atoms with E-state index in [0.717, 1.165) is 5.56 Å². The molecule has 2 aromatic rings. The van der Waals surface area contributed by atoms with Crippen molar-refractivity contribution in [3.8, 4) is 5.75 Å². The minimum Gasteiger partial charge on any atom is -0.503 e. The Morgan fingerprint density at radius 1 is 1.17 bits per heavy atom. The Morgan fingerprint density at radius 3 is 2.52 bits per heavy atom. The number of benzene rings is 1. The van der Waals surface area contributed by atoms with Gasteiger partial charge in [0.1, 0.15) is 5.82 Å². The molecule has 1 aliphatic heterocycles. The molecule has 1 aliphatic rings. The molecule has 1 aromatic heterocycles. The number of pyridine rings is 1. The first kappa shape index (κ1) is 15.3. The number of aromatic nitrogens is 1. The molecule has 0 saturated carbocycles. The molecule has 0 bridgehead atoms. The van der Waals surface area contributed by atoms with Crippen LogP contribution in [-0.4, -0.2) is 27.0 Å². The van der Waals surface area contributed by atoms with Gasteiger partial charge in [-0.15, -0.1) is 0 Å². The number of carbonyl (C=O) groups is 1. The van der Waals surface area contributed by atoms with E-state index in [1.807, 2.05) is 6.92 Å². The first-order valence-electron chi connectivity index (χ1n) is 7.50. The Hall–Kier alpha value is -2.63. The summed E-state index contributed by atoms with van der Waals surface area (Å²) in [4.78, 5) is 26.2. The summed E-state index contributed by atoms with van der Waals surface area (Å²) in [5, 5.41) is 10.1. The zero-order valence-corrected chi connectivity index (χ0v) is 12.8. The number of hydrogen-bond donors (Lipinski definition) is 1. The van der Waals surface area contributed by atoms with E-state index in [-0.39, 0.29) is 11.5 Å². The molecule has 1 N–H and O–H groups in total. The number of fused-ring (bicyclic) bond motifs is 1. The summed E-state index contributed by atoms with van der Waals surface area (Å²) in [5.41, 5.74) is 0.822. The van der Waals surface area contributed by atoms with Gasteiger partial charge in [0.2, 0.25) is 5.43 Å². The van der Waals surface area contributed by atoms with Gasteiger partial charge in [0, 0.05) is 31.4 Å². The minimum absolute atomic E-state index is 0.0283. The van der Waals surface area contributed by atoms with Crippen LogP contribution in [0.2, 0.25) is 0 Å². The second kappa shape index (κ2) is 5.87. The molecule has 120 valence electrons. The summed E-state index contributed by atoms with van der Waals surface area (Å²) in [6.07, 6.45) is 2.14. The van der Waals surface area contributed by atoms with Gasteiger partial charge < -0.3 is 14.6 Å². The molecule has 5 nitrogen and oxygen atoms in total. The highest BCUT2D eigenvalue weighted by Crippen LogP contribution is 2.22. The second-order valence-electron chi connectivity index (χ2n) is 5.58. The maximum absolute atomic E-state index is 13.0.